The molecule has 2 aromatic rings. The number of rotatable bonds is 2. The topological polar surface area (TPSA) is 34.9 Å². The fourth-order valence-electron chi connectivity index (χ4n) is 1.60. The summed E-state index contributed by atoms with van der Waals surface area (Å²) in [4.78, 5) is 15.1. The van der Waals surface area contributed by atoms with Crippen molar-refractivity contribution >= 4 is 17.3 Å². The first-order valence-electron chi connectivity index (χ1n) is 4.64. The summed E-state index contributed by atoms with van der Waals surface area (Å²) in [6.45, 7) is 4.14. The summed E-state index contributed by atoms with van der Waals surface area (Å²) in [7, 11) is 0. The minimum absolute atomic E-state index is 0.320. The first kappa shape index (κ1) is 8.94. The molecule has 0 radical (unpaired) electrons. The van der Waals surface area contributed by atoms with Crippen molar-refractivity contribution in [3.05, 3.63) is 30.1 Å². The highest BCUT2D eigenvalue weighted by Gasteiger charge is 2.09. The molecule has 0 saturated heterocycles. The zero-order chi connectivity index (χ0) is 10.1. The number of fused-ring (bicyclic) bond motifs is 1. The van der Waals surface area contributed by atoms with Crippen molar-refractivity contribution in [3.8, 4) is 0 Å². The van der Waals surface area contributed by atoms with Gasteiger partial charge in [0, 0.05) is 29.4 Å². The Hall–Kier alpha value is -1.64. The predicted molar refractivity (Wildman–Crippen MR) is 55.5 cm³/mol. The highest BCUT2D eigenvalue weighted by Crippen LogP contribution is 2.21. The van der Waals surface area contributed by atoms with Crippen LogP contribution >= 0.6 is 0 Å². The van der Waals surface area contributed by atoms with Crippen LogP contribution in [0.1, 0.15) is 30.2 Å². The van der Waals surface area contributed by atoms with Gasteiger partial charge < -0.3 is 4.57 Å². The van der Waals surface area contributed by atoms with Crippen molar-refractivity contribution in [3.63, 3.8) is 0 Å². The Bertz CT molecular complexity index is 471. The second kappa shape index (κ2) is 3.25. The Morgan fingerprint density at radius 2 is 2.29 bits per heavy atom. The maximum absolute atomic E-state index is 10.8. The van der Waals surface area contributed by atoms with Gasteiger partial charge in [0.1, 0.15) is 5.65 Å². The Morgan fingerprint density at radius 3 is 2.93 bits per heavy atom. The number of nitrogens with zero attached hydrogens (tertiary/aromatic N) is 2. The van der Waals surface area contributed by atoms with Crippen molar-refractivity contribution in [2.75, 3.05) is 0 Å². The van der Waals surface area contributed by atoms with Crippen LogP contribution in [0.4, 0.5) is 0 Å². The highest BCUT2D eigenvalue weighted by molar-refractivity contribution is 5.95. The quantitative estimate of drug-likeness (QED) is 0.678. The van der Waals surface area contributed by atoms with E-state index in [1.165, 1.54) is 0 Å². The normalized spacial score (nSPS) is 11.1. The Morgan fingerprint density at radius 1 is 1.50 bits per heavy atom. The smallest absolute Gasteiger partial charge is 0.152 e. The lowest BCUT2D eigenvalue weighted by atomic mass is 10.2. The van der Waals surface area contributed by atoms with Crippen LogP contribution in [-0.2, 0) is 0 Å². The van der Waals surface area contributed by atoms with Crippen LogP contribution in [0.15, 0.2) is 24.5 Å². The van der Waals surface area contributed by atoms with E-state index in [0.29, 0.717) is 11.6 Å². The van der Waals surface area contributed by atoms with Gasteiger partial charge in [-0.05, 0) is 26.0 Å². The van der Waals surface area contributed by atoms with Gasteiger partial charge in [0.2, 0.25) is 0 Å². The van der Waals surface area contributed by atoms with Gasteiger partial charge in [-0.2, -0.15) is 0 Å². The van der Waals surface area contributed by atoms with Crippen molar-refractivity contribution in [1.29, 1.82) is 0 Å². The molecule has 72 valence electrons. The summed E-state index contributed by atoms with van der Waals surface area (Å²) >= 11 is 0. The minimum Gasteiger partial charge on any atom is -0.329 e. The molecule has 0 unspecified atom stereocenters. The second-order valence-electron chi connectivity index (χ2n) is 3.58. The summed E-state index contributed by atoms with van der Waals surface area (Å²) in [5.41, 5.74) is 1.59. The summed E-state index contributed by atoms with van der Waals surface area (Å²) in [5.74, 6) is 0. The molecule has 2 heterocycles. The van der Waals surface area contributed by atoms with E-state index >= 15 is 0 Å². The molecule has 0 fully saturated rings. The molecule has 0 aliphatic heterocycles. The van der Waals surface area contributed by atoms with Crippen LogP contribution < -0.4 is 0 Å². The summed E-state index contributed by atoms with van der Waals surface area (Å²) in [6, 6.07) is 4.09. The van der Waals surface area contributed by atoms with Gasteiger partial charge in [0.05, 0.1) is 0 Å². The summed E-state index contributed by atoms with van der Waals surface area (Å²) in [5, 5.41) is 0.927. The summed E-state index contributed by atoms with van der Waals surface area (Å²) < 4.78 is 2.01. The lowest BCUT2D eigenvalue weighted by Gasteiger charge is -2.07. The van der Waals surface area contributed by atoms with Gasteiger partial charge in [0.25, 0.3) is 0 Å². The zero-order valence-corrected chi connectivity index (χ0v) is 8.27. The van der Waals surface area contributed by atoms with Crippen LogP contribution in [0.25, 0.3) is 11.0 Å². The lowest BCUT2D eigenvalue weighted by molar-refractivity contribution is 0.112. The highest BCUT2D eigenvalue weighted by atomic mass is 16.1. The maximum atomic E-state index is 10.8. The molecule has 0 bridgehead atoms. The fourth-order valence-corrected chi connectivity index (χ4v) is 1.60. The van der Waals surface area contributed by atoms with Crippen LogP contribution in [0.5, 0.6) is 0 Å². The number of pyridine rings is 1. The van der Waals surface area contributed by atoms with Gasteiger partial charge in [-0.25, -0.2) is 4.98 Å². The van der Waals surface area contributed by atoms with E-state index in [9.17, 15) is 4.79 Å². The third-order valence-electron chi connectivity index (χ3n) is 2.30. The molecule has 0 aliphatic rings. The van der Waals surface area contributed by atoms with Gasteiger partial charge in [-0.3, -0.25) is 4.79 Å². The zero-order valence-electron chi connectivity index (χ0n) is 8.27. The molecule has 2 rings (SSSR count). The van der Waals surface area contributed by atoms with E-state index in [4.69, 9.17) is 0 Å². The number of carbonyl (C=O) groups excluding carboxylic acids is 1. The molecular weight excluding hydrogens is 176 g/mol. The molecule has 0 spiro atoms. The van der Waals surface area contributed by atoms with Crippen LogP contribution in [-0.4, -0.2) is 15.8 Å². The number of aldehydes is 1. The van der Waals surface area contributed by atoms with Crippen LogP contribution in [0.3, 0.4) is 0 Å². The van der Waals surface area contributed by atoms with Gasteiger partial charge in [-0.1, -0.05) is 0 Å². The van der Waals surface area contributed by atoms with Gasteiger partial charge >= 0.3 is 0 Å². The first-order valence-corrected chi connectivity index (χ1v) is 4.64. The van der Waals surface area contributed by atoms with Gasteiger partial charge in [0.15, 0.2) is 6.29 Å². The molecule has 0 amide bonds. The van der Waals surface area contributed by atoms with E-state index < -0.39 is 0 Å². The molecule has 0 atom stereocenters. The summed E-state index contributed by atoms with van der Waals surface area (Å²) in [6.07, 6.45) is 4.48. The maximum Gasteiger partial charge on any atom is 0.152 e. The van der Waals surface area contributed by atoms with Crippen LogP contribution in [0.2, 0.25) is 0 Å². The standard InChI is InChI=1S/C11H12N2O/c1-8(2)13-6-9(7-14)10-4-3-5-12-11(10)13/h3-8H,1-2H3. The van der Waals surface area contributed by atoms with Crippen molar-refractivity contribution < 1.29 is 4.79 Å². The molecule has 2 aromatic heterocycles. The van der Waals surface area contributed by atoms with E-state index in [0.717, 1.165) is 17.3 Å². The largest absolute Gasteiger partial charge is 0.329 e. The van der Waals surface area contributed by atoms with Crippen molar-refractivity contribution in [1.82, 2.24) is 9.55 Å². The molecule has 14 heavy (non-hydrogen) atoms. The SMILES string of the molecule is CC(C)n1cc(C=O)c2cccnc21. The van der Waals surface area contributed by atoms with Crippen molar-refractivity contribution in [2.24, 2.45) is 0 Å². The minimum atomic E-state index is 0.320. The monoisotopic (exact) mass is 188 g/mol. The Balaban J connectivity index is 2.79. The predicted octanol–water partition coefficient (Wildman–Crippen LogP) is 2.43. The van der Waals surface area contributed by atoms with E-state index in [-0.39, 0.29) is 0 Å². The average Bonchev–Trinajstić information content (AvgIpc) is 2.56. The number of hydrogen-bond acceptors (Lipinski definition) is 2. The molecule has 0 N–H and O–H groups in total. The van der Waals surface area contributed by atoms with E-state index in [2.05, 4.69) is 18.8 Å². The molecule has 0 saturated carbocycles. The average molecular weight is 188 g/mol. The molecule has 0 aliphatic carbocycles. The van der Waals surface area contributed by atoms with E-state index in [1.54, 1.807) is 6.20 Å². The molecular formula is C11H12N2O. The number of aromatic nitrogens is 2. The number of hydrogen-bond donors (Lipinski definition) is 0. The third kappa shape index (κ3) is 1.21. The van der Waals surface area contributed by atoms with Gasteiger partial charge in [-0.15, -0.1) is 0 Å². The Labute approximate surface area is 82.4 Å². The van der Waals surface area contributed by atoms with E-state index in [1.807, 2.05) is 22.9 Å². The van der Waals surface area contributed by atoms with Crippen LogP contribution in [0, 0.1) is 0 Å². The van der Waals surface area contributed by atoms with Crippen molar-refractivity contribution in [2.45, 2.75) is 19.9 Å². The number of carbonyl (C=O) groups is 1. The second-order valence-corrected chi connectivity index (χ2v) is 3.58. The molecule has 3 heteroatoms. The Kier molecular flexibility index (Phi) is 2.08. The first-order chi connectivity index (χ1) is 6.74. The molecule has 0 aromatic carbocycles. The fraction of sp³-hybridized carbons (Fsp3) is 0.273. The lowest BCUT2D eigenvalue weighted by Crippen LogP contribution is -1.99. The third-order valence-corrected chi connectivity index (χ3v) is 2.30. The molecule has 3 nitrogen and oxygen atoms in total.